The van der Waals surface area contributed by atoms with Gasteiger partial charge in [-0.3, -0.25) is 0 Å². The molecule has 3 N–H and O–H groups in total. The molecular formula is C13H26N2S. The van der Waals surface area contributed by atoms with Gasteiger partial charge in [-0.15, -0.1) is 0 Å². The first kappa shape index (κ1) is 12.7. The molecule has 2 fully saturated rings. The van der Waals surface area contributed by atoms with Crippen molar-refractivity contribution >= 4 is 11.8 Å². The highest BCUT2D eigenvalue weighted by Gasteiger charge is 2.43. The van der Waals surface area contributed by atoms with E-state index in [9.17, 15) is 0 Å². The van der Waals surface area contributed by atoms with Gasteiger partial charge in [-0.05, 0) is 36.9 Å². The first-order valence-electron chi connectivity index (χ1n) is 6.57. The molecule has 0 spiro atoms. The van der Waals surface area contributed by atoms with Crippen LogP contribution in [-0.4, -0.2) is 29.1 Å². The summed E-state index contributed by atoms with van der Waals surface area (Å²) in [5.41, 5.74) is 6.78. The Bertz CT molecular complexity index is 254. The Morgan fingerprint density at radius 1 is 1.38 bits per heavy atom. The Hall–Kier alpha value is 0.270. The third kappa shape index (κ3) is 2.41. The molecule has 1 saturated carbocycles. The van der Waals surface area contributed by atoms with Crippen LogP contribution in [0, 0.1) is 5.41 Å². The molecule has 2 nitrogen and oxygen atoms in total. The average molecular weight is 242 g/mol. The zero-order valence-corrected chi connectivity index (χ0v) is 11.7. The summed E-state index contributed by atoms with van der Waals surface area (Å²) < 4.78 is 0. The molecule has 0 aromatic heterocycles. The average Bonchev–Trinajstić information content (AvgIpc) is 2.72. The van der Waals surface area contributed by atoms with Crippen molar-refractivity contribution in [2.75, 3.05) is 12.3 Å². The fourth-order valence-electron chi connectivity index (χ4n) is 3.26. The summed E-state index contributed by atoms with van der Waals surface area (Å²) in [6.07, 6.45) is 5.23. The summed E-state index contributed by atoms with van der Waals surface area (Å²) in [5.74, 6) is 1.27. The minimum atomic E-state index is 0.218. The van der Waals surface area contributed by atoms with Crippen LogP contribution in [0.15, 0.2) is 0 Å². The number of nitrogens with two attached hydrogens (primary N) is 1. The van der Waals surface area contributed by atoms with Gasteiger partial charge in [0.1, 0.15) is 0 Å². The van der Waals surface area contributed by atoms with Gasteiger partial charge in [0.25, 0.3) is 0 Å². The van der Waals surface area contributed by atoms with Crippen LogP contribution in [-0.2, 0) is 0 Å². The van der Waals surface area contributed by atoms with Crippen molar-refractivity contribution in [2.24, 2.45) is 11.1 Å². The quantitative estimate of drug-likeness (QED) is 0.798. The molecule has 0 aromatic carbocycles. The van der Waals surface area contributed by atoms with Crippen LogP contribution in [0.3, 0.4) is 0 Å². The smallest absolute Gasteiger partial charge is 0.0431 e. The van der Waals surface area contributed by atoms with E-state index in [-0.39, 0.29) is 5.54 Å². The second-order valence-corrected chi connectivity index (χ2v) is 7.82. The van der Waals surface area contributed by atoms with Crippen molar-refractivity contribution in [1.82, 2.24) is 5.32 Å². The molecule has 1 aliphatic carbocycles. The molecule has 2 rings (SSSR count). The van der Waals surface area contributed by atoms with Crippen molar-refractivity contribution in [3.8, 4) is 0 Å². The standard InChI is InChI=1S/C13H26N2S/c1-10-13(9-14,6-7-16-10)15-11-4-5-12(2,3)8-11/h10-11,15H,4-9,14H2,1-3H3. The lowest BCUT2D eigenvalue weighted by atomic mass is 9.89. The molecule has 0 bridgehead atoms. The van der Waals surface area contributed by atoms with Gasteiger partial charge in [0, 0.05) is 23.4 Å². The predicted molar refractivity (Wildman–Crippen MR) is 72.9 cm³/mol. The lowest BCUT2D eigenvalue weighted by molar-refractivity contribution is 0.277. The van der Waals surface area contributed by atoms with E-state index in [0.29, 0.717) is 16.7 Å². The van der Waals surface area contributed by atoms with Gasteiger partial charge in [-0.1, -0.05) is 20.8 Å². The Kier molecular flexibility index (Phi) is 3.58. The summed E-state index contributed by atoms with van der Waals surface area (Å²) in [6, 6.07) is 0.694. The molecule has 0 aromatic rings. The number of hydrogen-bond acceptors (Lipinski definition) is 3. The van der Waals surface area contributed by atoms with Gasteiger partial charge in [0.15, 0.2) is 0 Å². The lowest BCUT2D eigenvalue weighted by Gasteiger charge is -2.36. The number of nitrogens with one attached hydrogen (secondary N) is 1. The Morgan fingerprint density at radius 2 is 2.12 bits per heavy atom. The predicted octanol–water partition coefficient (Wildman–Crippen LogP) is 2.38. The first-order valence-corrected chi connectivity index (χ1v) is 7.62. The van der Waals surface area contributed by atoms with Crippen LogP contribution in [0.2, 0.25) is 0 Å². The monoisotopic (exact) mass is 242 g/mol. The van der Waals surface area contributed by atoms with E-state index in [1.807, 2.05) is 0 Å². The summed E-state index contributed by atoms with van der Waals surface area (Å²) in [4.78, 5) is 0. The van der Waals surface area contributed by atoms with Gasteiger partial charge in [0.05, 0.1) is 0 Å². The van der Waals surface area contributed by atoms with E-state index in [4.69, 9.17) is 5.73 Å². The van der Waals surface area contributed by atoms with E-state index in [1.165, 1.54) is 31.4 Å². The van der Waals surface area contributed by atoms with Gasteiger partial charge in [-0.2, -0.15) is 11.8 Å². The largest absolute Gasteiger partial charge is 0.329 e. The number of hydrogen-bond donors (Lipinski definition) is 2. The maximum absolute atomic E-state index is 6.03. The lowest BCUT2D eigenvalue weighted by Crippen LogP contribution is -2.58. The molecule has 16 heavy (non-hydrogen) atoms. The summed E-state index contributed by atoms with van der Waals surface area (Å²) in [6.45, 7) is 7.89. The first-order chi connectivity index (χ1) is 7.47. The SMILES string of the molecule is CC1SCCC1(CN)NC1CCC(C)(C)C1. The van der Waals surface area contributed by atoms with Crippen molar-refractivity contribution in [1.29, 1.82) is 0 Å². The maximum Gasteiger partial charge on any atom is 0.0431 e. The molecule has 94 valence electrons. The third-order valence-electron chi connectivity index (χ3n) is 4.52. The molecule has 0 amide bonds. The molecule has 2 aliphatic rings. The Labute approximate surface area is 104 Å². The van der Waals surface area contributed by atoms with E-state index in [1.54, 1.807) is 0 Å². The van der Waals surface area contributed by atoms with E-state index in [0.717, 1.165) is 6.54 Å². The van der Waals surface area contributed by atoms with Gasteiger partial charge >= 0.3 is 0 Å². The van der Waals surface area contributed by atoms with E-state index in [2.05, 4.69) is 37.8 Å². The van der Waals surface area contributed by atoms with Crippen LogP contribution in [0.4, 0.5) is 0 Å². The van der Waals surface area contributed by atoms with Crippen LogP contribution >= 0.6 is 11.8 Å². The van der Waals surface area contributed by atoms with Crippen molar-refractivity contribution in [2.45, 2.75) is 63.3 Å². The molecular weight excluding hydrogens is 216 g/mol. The molecule has 1 heterocycles. The highest BCUT2D eigenvalue weighted by Crippen LogP contribution is 2.41. The summed E-state index contributed by atoms with van der Waals surface area (Å²) in [5, 5.41) is 4.57. The fourth-order valence-corrected chi connectivity index (χ4v) is 4.70. The highest BCUT2D eigenvalue weighted by molar-refractivity contribution is 8.00. The van der Waals surface area contributed by atoms with E-state index >= 15 is 0 Å². The van der Waals surface area contributed by atoms with Crippen LogP contribution in [0.5, 0.6) is 0 Å². The van der Waals surface area contributed by atoms with Gasteiger partial charge in [0.2, 0.25) is 0 Å². The molecule has 3 unspecified atom stereocenters. The minimum Gasteiger partial charge on any atom is -0.329 e. The number of thioether (sulfide) groups is 1. The van der Waals surface area contributed by atoms with Crippen molar-refractivity contribution in [3.63, 3.8) is 0 Å². The Morgan fingerprint density at radius 3 is 2.56 bits per heavy atom. The number of rotatable bonds is 3. The van der Waals surface area contributed by atoms with Crippen LogP contribution < -0.4 is 11.1 Å². The molecule has 3 heteroatoms. The van der Waals surface area contributed by atoms with Gasteiger partial charge < -0.3 is 11.1 Å². The third-order valence-corrected chi connectivity index (χ3v) is 5.91. The second kappa shape index (κ2) is 4.51. The zero-order valence-electron chi connectivity index (χ0n) is 10.9. The summed E-state index contributed by atoms with van der Waals surface area (Å²) in [7, 11) is 0. The summed E-state index contributed by atoms with van der Waals surface area (Å²) >= 11 is 2.07. The molecule has 1 aliphatic heterocycles. The highest BCUT2D eigenvalue weighted by atomic mass is 32.2. The fraction of sp³-hybridized carbons (Fsp3) is 1.00. The normalized spacial score (nSPS) is 42.8. The van der Waals surface area contributed by atoms with Crippen molar-refractivity contribution < 1.29 is 0 Å². The van der Waals surface area contributed by atoms with Crippen LogP contribution in [0.1, 0.15) is 46.5 Å². The van der Waals surface area contributed by atoms with Gasteiger partial charge in [-0.25, -0.2) is 0 Å². The zero-order chi connectivity index (χ0) is 11.8. The van der Waals surface area contributed by atoms with Crippen molar-refractivity contribution in [3.05, 3.63) is 0 Å². The minimum absolute atomic E-state index is 0.218. The molecule has 1 saturated heterocycles. The second-order valence-electron chi connectivity index (χ2n) is 6.37. The molecule has 0 radical (unpaired) electrons. The molecule has 3 atom stereocenters. The van der Waals surface area contributed by atoms with Crippen LogP contribution in [0.25, 0.3) is 0 Å². The topological polar surface area (TPSA) is 38.0 Å². The van der Waals surface area contributed by atoms with E-state index < -0.39 is 0 Å². The maximum atomic E-state index is 6.03. The Balaban J connectivity index is 1.98.